The van der Waals surface area contributed by atoms with Crippen LogP contribution >= 0.6 is 0 Å². The molecule has 0 aliphatic heterocycles. The molecule has 0 spiro atoms. The number of hydrogen-bond acceptors (Lipinski definition) is 3. The fourth-order valence-electron chi connectivity index (χ4n) is 2.66. The summed E-state index contributed by atoms with van der Waals surface area (Å²) in [5.41, 5.74) is 3.11. The summed E-state index contributed by atoms with van der Waals surface area (Å²) in [6, 6.07) is 16.0. The number of rotatable bonds is 7. The minimum absolute atomic E-state index is 0.626. The van der Waals surface area contributed by atoms with Crippen molar-refractivity contribution >= 4 is 11.6 Å². The van der Waals surface area contributed by atoms with E-state index in [1.54, 1.807) is 7.05 Å². The normalized spacial score (nSPS) is 11.5. The van der Waals surface area contributed by atoms with E-state index in [9.17, 15) is 0 Å². The maximum atomic E-state index is 5.68. The van der Waals surface area contributed by atoms with Crippen LogP contribution in [-0.4, -0.2) is 35.5 Å². The van der Waals surface area contributed by atoms with Crippen LogP contribution in [0.2, 0.25) is 0 Å². The van der Waals surface area contributed by atoms with E-state index >= 15 is 0 Å². The minimum Gasteiger partial charge on any atom is -0.494 e. The first kappa shape index (κ1) is 17.8. The number of para-hydroxylation sites is 1. The summed E-state index contributed by atoms with van der Waals surface area (Å²) in [6.07, 6.45) is 2.95. The van der Waals surface area contributed by atoms with Gasteiger partial charge in [0, 0.05) is 25.5 Å². The zero-order valence-corrected chi connectivity index (χ0v) is 15.3. The second-order valence-electron chi connectivity index (χ2n) is 6.00. The second kappa shape index (κ2) is 8.89. The van der Waals surface area contributed by atoms with Crippen molar-refractivity contribution in [1.29, 1.82) is 0 Å². The highest BCUT2D eigenvalue weighted by atomic mass is 16.5. The molecule has 0 unspecified atom stereocenters. The van der Waals surface area contributed by atoms with Gasteiger partial charge in [-0.15, -0.1) is 0 Å². The molecule has 6 nitrogen and oxygen atoms in total. The van der Waals surface area contributed by atoms with E-state index in [1.807, 2.05) is 42.5 Å². The summed E-state index contributed by atoms with van der Waals surface area (Å²) in [4.78, 5) is 8.87. The predicted octanol–water partition coefficient (Wildman–Crippen LogP) is 2.78. The molecule has 0 atom stereocenters. The molecule has 3 aromatic rings. The molecule has 136 valence electrons. The number of nitrogens with zero attached hydrogens (tertiary/aromatic N) is 3. The smallest absolute Gasteiger partial charge is 0.191 e. The average Bonchev–Trinajstić information content (AvgIpc) is 3.09. The summed E-state index contributed by atoms with van der Waals surface area (Å²) < 4.78 is 7.77. The Morgan fingerprint density at radius 3 is 2.73 bits per heavy atom. The molecule has 0 aliphatic carbocycles. The number of aryl methyl sites for hydroxylation is 1. The van der Waals surface area contributed by atoms with Gasteiger partial charge >= 0.3 is 0 Å². The van der Waals surface area contributed by atoms with Crippen molar-refractivity contribution in [3.8, 4) is 5.75 Å². The van der Waals surface area contributed by atoms with Crippen LogP contribution in [0.15, 0.2) is 59.7 Å². The van der Waals surface area contributed by atoms with Gasteiger partial charge in [0.2, 0.25) is 0 Å². The van der Waals surface area contributed by atoms with Crippen molar-refractivity contribution < 1.29 is 4.74 Å². The Labute approximate surface area is 153 Å². The molecule has 6 heteroatoms. The van der Waals surface area contributed by atoms with Gasteiger partial charge in [-0.3, -0.25) is 4.99 Å². The Balaban J connectivity index is 1.41. The number of imidazole rings is 1. The van der Waals surface area contributed by atoms with Crippen LogP contribution in [0.1, 0.15) is 17.8 Å². The zero-order valence-electron chi connectivity index (χ0n) is 15.3. The SMILES string of the molecule is CN=C(NCCCOc1ccccc1)NCc1cn2c(C)cccc2n1. The van der Waals surface area contributed by atoms with Crippen LogP contribution in [0.5, 0.6) is 5.75 Å². The van der Waals surface area contributed by atoms with E-state index < -0.39 is 0 Å². The van der Waals surface area contributed by atoms with Crippen LogP contribution in [0.3, 0.4) is 0 Å². The van der Waals surface area contributed by atoms with Crippen molar-refractivity contribution in [3.63, 3.8) is 0 Å². The van der Waals surface area contributed by atoms with Crippen LogP contribution in [0.25, 0.3) is 5.65 Å². The first-order valence-corrected chi connectivity index (χ1v) is 8.82. The topological polar surface area (TPSA) is 63.0 Å². The third kappa shape index (κ3) is 4.75. The van der Waals surface area contributed by atoms with E-state index in [1.165, 1.54) is 5.69 Å². The molecule has 0 bridgehead atoms. The molecule has 0 aliphatic rings. The van der Waals surface area contributed by atoms with Gasteiger partial charge in [-0.1, -0.05) is 24.3 Å². The lowest BCUT2D eigenvalue weighted by Crippen LogP contribution is -2.37. The van der Waals surface area contributed by atoms with Crippen LogP contribution in [0.4, 0.5) is 0 Å². The van der Waals surface area contributed by atoms with E-state index in [-0.39, 0.29) is 0 Å². The molecule has 2 aromatic heterocycles. The lowest BCUT2D eigenvalue weighted by Gasteiger charge is -2.11. The number of pyridine rings is 1. The zero-order chi connectivity index (χ0) is 18.2. The molecule has 0 saturated heterocycles. The van der Waals surface area contributed by atoms with E-state index in [2.05, 4.69) is 44.2 Å². The van der Waals surface area contributed by atoms with Crippen molar-refractivity contribution in [2.24, 2.45) is 4.99 Å². The van der Waals surface area contributed by atoms with Gasteiger partial charge in [-0.05, 0) is 37.6 Å². The second-order valence-corrected chi connectivity index (χ2v) is 6.00. The highest BCUT2D eigenvalue weighted by Crippen LogP contribution is 2.09. The lowest BCUT2D eigenvalue weighted by molar-refractivity contribution is 0.311. The van der Waals surface area contributed by atoms with Crippen molar-refractivity contribution in [2.45, 2.75) is 19.9 Å². The van der Waals surface area contributed by atoms with Crippen molar-refractivity contribution in [2.75, 3.05) is 20.2 Å². The first-order valence-electron chi connectivity index (χ1n) is 8.82. The fourth-order valence-corrected chi connectivity index (χ4v) is 2.66. The monoisotopic (exact) mass is 351 g/mol. The molecule has 0 amide bonds. The number of aromatic nitrogens is 2. The third-order valence-electron chi connectivity index (χ3n) is 4.03. The molecule has 1 aromatic carbocycles. The Morgan fingerprint density at radius 2 is 1.96 bits per heavy atom. The van der Waals surface area contributed by atoms with E-state index in [0.717, 1.165) is 36.0 Å². The van der Waals surface area contributed by atoms with Crippen LogP contribution in [0, 0.1) is 6.92 Å². The van der Waals surface area contributed by atoms with E-state index in [0.29, 0.717) is 13.2 Å². The number of nitrogens with one attached hydrogen (secondary N) is 2. The summed E-state index contributed by atoms with van der Waals surface area (Å²) in [6.45, 7) is 4.15. The fraction of sp³-hybridized carbons (Fsp3) is 0.300. The molecular formula is C20H25N5O. The highest BCUT2D eigenvalue weighted by Gasteiger charge is 2.04. The number of benzene rings is 1. The maximum absolute atomic E-state index is 5.68. The number of ether oxygens (including phenoxy) is 1. The molecule has 0 radical (unpaired) electrons. The van der Waals surface area contributed by atoms with Gasteiger partial charge in [0.1, 0.15) is 11.4 Å². The first-order chi connectivity index (χ1) is 12.8. The summed E-state index contributed by atoms with van der Waals surface area (Å²) in [7, 11) is 1.77. The summed E-state index contributed by atoms with van der Waals surface area (Å²) in [5.74, 6) is 1.66. The molecular weight excluding hydrogens is 326 g/mol. The number of hydrogen-bond donors (Lipinski definition) is 2. The maximum Gasteiger partial charge on any atom is 0.191 e. The van der Waals surface area contributed by atoms with Gasteiger partial charge in [-0.25, -0.2) is 4.98 Å². The molecule has 26 heavy (non-hydrogen) atoms. The number of aliphatic imine (C=N–C) groups is 1. The Morgan fingerprint density at radius 1 is 1.12 bits per heavy atom. The van der Waals surface area contributed by atoms with Crippen molar-refractivity contribution in [3.05, 3.63) is 66.1 Å². The minimum atomic E-state index is 0.626. The number of fused-ring (bicyclic) bond motifs is 1. The molecule has 3 rings (SSSR count). The molecule has 2 N–H and O–H groups in total. The highest BCUT2D eigenvalue weighted by molar-refractivity contribution is 5.79. The van der Waals surface area contributed by atoms with E-state index in [4.69, 9.17) is 4.74 Å². The van der Waals surface area contributed by atoms with Gasteiger partial charge in [0.15, 0.2) is 5.96 Å². The van der Waals surface area contributed by atoms with Gasteiger partial charge in [-0.2, -0.15) is 0 Å². The average molecular weight is 351 g/mol. The van der Waals surface area contributed by atoms with Crippen molar-refractivity contribution in [1.82, 2.24) is 20.0 Å². The quantitative estimate of drug-likeness (QED) is 0.390. The third-order valence-corrected chi connectivity index (χ3v) is 4.03. The lowest BCUT2D eigenvalue weighted by atomic mass is 10.3. The van der Waals surface area contributed by atoms with Crippen LogP contribution < -0.4 is 15.4 Å². The Hall–Kier alpha value is -3.02. The van der Waals surface area contributed by atoms with Gasteiger partial charge in [0.25, 0.3) is 0 Å². The Kier molecular flexibility index (Phi) is 6.09. The molecule has 0 fully saturated rings. The standard InChI is InChI=1S/C20H25N5O/c1-16-8-6-11-19-24-17(15-25(16)19)14-23-20(21-2)22-12-7-13-26-18-9-4-3-5-10-18/h3-6,8-11,15H,7,12-14H2,1-2H3,(H2,21,22,23). The molecule has 0 saturated carbocycles. The van der Waals surface area contributed by atoms with Crippen LogP contribution in [-0.2, 0) is 6.54 Å². The summed E-state index contributed by atoms with van der Waals surface area (Å²) in [5, 5.41) is 6.59. The largest absolute Gasteiger partial charge is 0.494 e. The van der Waals surface area contributed by atoms with Gasteiger partial charge < -0.3 is 19.8 Å². The summed E-state index contributed by atoms with van der Waals surface area (Å²) >= 11 is 0. The Bertz CT molecular complexity index is 857. The predicted molar refractivity (Wildman–Crippen MR) is 105 cm³/mol. The number of guanidine groups is 1. The molecule has 2 heterocycles. The van der Waals surface area contributed by atoms with Gasteiger partial charge in [0.05, 0.1) is 18.8 Å².